The van der Waals surface area contributed by atoms with Gasteiger partial charge < -0.3 is 4.57 Å². The Morgan fingerprint density at radius 3 is 2.83 bits per heavy atom. The number of rotatable bonds is 2. The Morgan fingerprint density at radius 1 is 1.58 bits per heavy atom. The Labute approximate surface area is 80.3 Å². The van der Waals surface area contributed by atoms with Gasteiger partial charge in [-0.15, -0.1) is 0 Å². The van der Waals surface area contributed by atoms with Gasteiger partial charge in [0.05, 0.1) is 4.47 Å². The lowest BCUT2D eigenvalue weighted by molar-refractivity contribution is 0.649. The molecule has 0 saturated heterocycles. The maximum atomic E-state index is 11.4. The SMILES string of the molecule is CCCn1cc(C)cc(Br)c1=O. The third-order valence-electron chi connectivity index (χ3n) is 1.64. The molecule has 0 fully saturated rings. The zero-order chi connectivity index (χ0) is 9.14. The number of aromatic nitrogens is 1. The topological polar surface area (TPSA) is 22.0 Å². The Bertz CT molecular complexity index is 330. The zero-order valence-corrected chi connectivity index (χ0v) is 8.89. The van der Waals surface area contributed by atoms with E-state index in [0.29, 0.717) is 4.47 Å². The normalized spacial score (nSPS) is 10.2. The molecule has 66 valence electrons. The van der Waals surface area contributed by atoms with Crippen LogP contribution >= 0.6 is 15.9 Å². The molecule has 1 aromatic rings. The molecule has 0 bridgehead atoms. The third-order valence-corrected chi connectivity index (χ3v) is 2.21. The lowest BCUT2D eigenvalue weighted by Gasteiger charge is -2.04. The average molecular weight is 230 g/mol. The summed E-state index contributed by atoms with van der Waals surface area (Å²) in [6.45, 7) is 4.83. The molecule has 1 rings (SSSR count). The summed E-state index contributed by atoms with van der Waals surface area (Å²) < 4.78 is 2.38. The van der Waals surface area contributed by atoms with Crippen molar-refractivity contribution in [2.24, 2.45) is 0 Å². The molecule has 0 aromatic carbocycles. The van der Waals surface area contributed by atoms with Crippen LogP contribution in [0.4, 0.5) is 0 Å². The van der Waals surface area contributed by atoms with Crippen molar-refractivity contribution in [1.29, 1.82) is 0 Å². The van der Waals surface area contributed by atoms with Crippen LogP contribution in [0.25, 0.3) is 0 Å². The fourth-order valence-corrected chi connectivity index (χ4v) is 1.74. The van der Waals surface area contributed by atoms with E-state index in [1.54, 1.807) is 4.57 Å². The molecule has 3 heteroatoms. The van der Waals surface area contributed by atoms with Crippen LogP contribution in [0.5, 0.6) is 0 Å². The van der Waals surface area contributed by atoms with E-state index in [-0.39, 0.29) is 5.56 Å². The van der Waals surface area contributed by atoms with E-state index in [1.165, 1.54) is 0 Å². The van der Waals surface area contributed by atoms with E-state index in [4.69, 9.17) is 0 Å². The molecule has 0 aliphatic heterocycles. The number of nitrogens with zero attached hydrogens (tertiary/aromatic N) is 1. The van der Waals surface area contributed by atoms with Crippen LogP contribution < -0.4 is 5.56 Å². The summed E-state index contributed by atoms with van der Waals surface area (Å²) >= 11 is 3.23. The van der Waals surface area contributed by atoms with Crippen LogP contribution in [0.15, 0.2) is 21.5 Å². The highest BCUT2D eigenvalue weighted by Crippen LogP contribution is 2.05. The average Bonchev–Trinajstić information content (AvgIpc) is 2.00. The van der Waals surface area contributed by atoms with Gasteiger partial charge in [-0.3, -0.25) is 4.79 Å². The number of halogens is 1. The third kappa shape index (κ3) is 1.97. The van der Waals surface area contributed by atoms with Gasteiger partial charge in [0.25, 0.3) is 5.56 Å². The first kappa shape index (κ1) is 9.52. The van der Waals surface area contributed by atoms with Crippen molar-refractivity contribution in [1.82, 2.24) is 4.57 Å². The van der Waals surface area contributed by atoms with Gasteiger partial charge in [-0.05, 0) is 40.9 Å². The molecule has 0 saturated carbocycles. The molecule has 0 amide bonds. The van der Waals surface area contributed by atoms with Crippen molar-refractivity contribution in [3.8, 4) is 0 Å². The number of aryl methyl sites for hydroxylation is 2. The van der Waals surface area contributed by atoms with E-state index < -0.39 is 0 Å². The number of pyridine rings is 1. The van der Waals surface area contributed by atoms with Gasteiger partial charge in [0, 0.05) is 12.7 Å². The van der Waals surface area contributed by atoms with Crippen LogP contribution in [0, 0.1) is 6.92 Å². The van der Waals surface area contributed by atoms with Gasteiger partial charge in [0.2, 0.25) is 0 Å². The van der Waals surface area contributed by atoms with E-state index >= 15 is 0 Å². The van der Waals surface area contributed by atoms with Crippen LogP contribution in [0.1, 0.15) is 18.9 Å². The molecule has 0 N–H and O–H groups in total. The largest absolute Gasteiger partial charge is 0.314 e. The first-order valence-corrected chi connectivity index (χ1v) is 4.81. The van der Waals surface area contributed by atoms with Crippen molar-refractivity contribution in [2.45, 2.75) is 26.8 Å². The van der Waals surface area contributed by atoms with Crippen molar-refractivity contribution in [3.63, 3.8) is 0 Å². The minimum absolute atomic E-state index is 0.0578. The Kier molecular flexibility index (Phi) is 3.09. The van der Waals surface area contributed by atoms with Gasteiger partial charge in [0.1, 0.15) is 0 Å². The van der Waals surface area contributed by atoms with Crippen molar-refractivity contribution < 1.29 is 0 Å². The molecule has 1 aromatic heterocycles. The van der Waals surface area contributed by atoms with E-state index in [0.717, 1.165) is 18.5 Å². The Balaban J connectivity index is 3.19. The number of hydrogen-bond donors (Lipinski definition) is 0. The molecule has 0 aliphatic rings. The monoisotopic (exact) mass is 229 g/mol. The summed E-state index contributed by atoms with van der Waals surface area (Å²) in [6, 6.07) is 1.84. The van der Waals surface area contributed by atoms with E-state index in [9.17, 15) is 4.79 Å². The van der Waals surface area contributed by atoms with Crippen molar-refractivity contribution in [2.75, 3.05) is 0 Å². The predicted molar refractivity (Wildman–Crippen MR) is 53.4 cm³/mol. The first-order chi connectivity index (χ1) is 5.65. The minimum Gasteiger partial charge on any atom is -0.314 e. The lowest BCUT2D eigenvalue weighted by atomic mass is 10.3. The highest BCUT2D eigenvalue weighted by atomic mass is 79.9. The summed E-state index contributed by atoms with van der Waals surface area (Å²) in [6.07, 6.45) is 2.87. The van der Waals surface area contributed by atoms with Crippen LogP contribution in [0.3, 0.4) is 0 Å². The fourth-order valence-electron chi connectivity index (χ4n) is 1.15. The minimum atomic E-state index is 0.0578. The standard InChI is InChI=1S/C9H12BrNO/c1-3-4-11-6-7(2)5-8(10)9(11)12/h5-6H,3-4H2,1-2H3. The lowest BCUT2D eigenvalue weighted by Crippen LogP contribution is -2.20. The molecule has 0 spiro atoms. The van der Waals surface area contributed by atoms with Gasteiger partial charge in [-0.25, -0.2) is 0 Å². The summed E-state index contributed by atoms with van der Waals surface area (Å²) in [7, 11) is 0. The van der Waals surface area contributed by atoms with Crippen molar-refractivity contribution in [3.05, 3.63) is 32.7 Å². The maximum absolute atomic E-state index is 11.4. The molecule has 0 radical (unpaired) electrons. The van der Waals surface area contributed by atoms with E-state index in [2.05, 4.69) is 22.9 Å². The second-order valence-electron chi connectivity index (χ2n) is 2.86. The van der Waals surface area contributed by atoms with Crippen molar-refractivity contribution >= 4 is 15.9 Å². The van der Waals surface area contributed by atoms with Crippen LogP contribution in [0.2, 0.25) is 0 Å². The maximum Gasteiger partial charge on any atom is 0.264 e. The molecule has 2 nitrogen and oxygen atoms in total. The summed E-state index contributed by atoms with van der Waals surface area (Å²) in [5.74, 6) is 0. The summed E-state index contributed by atoms with van der Waals surface area (Å²) in [4.78, 5) is 11.4. The summed E-state index contributed by atoms with van der Waals surface area (Å²) in [5.41, 5.74) is 1.16. The molecule has 12 heavy (non-hydrogen) atoms. The quantitative estimate of drug-likeness (QED) is 0.764. The van der Waals surface area contributed by atoms with Crippen LogP contribution in [-0.2, 0) is 6.54 Å². The fraction of sp³-hybridized carbons (Fsp3) is 0.444. The highest BCUT2D eigenvalue weighted by Gasteiger charge is 2.00. The molecular weight excluding hydrogens is 218 g/mol. The van der Waals surface area contributed by atoms with Gasteiger partial charge in [0.15, 0.2) is 0 Å². The first-order valence-electron chi connectivity index (χ1n) is 4.01. The van der Waals surface area contributed by atoms with E-state index in [1.807, 2.05) is 19.2 Å². The van der Waals surface area contributed by atoms with Gasteiger partial charge in [-0.2, -0.15) is 0 Å². The summed E-state index contributed by atoms with van der Waals surface area (Å²) in [5, 5.41) is 0. The Morgan fingerprint density at radius 2 is 2.25 bits per heavy atom. The predicted octanol–water partition coefficient (Wildman–Crippen LogP) is 2.33. The molecule has 0 atom stereocenters. The smallest absolute Gasteiger partial charge is 0.264 e. The molecular formula is C9H12BrNO. The Hall–Kier alpha value is -0.570. The molecule has 0 unspecified atom stereocenters. The molecule has 1 heterocycles. The molecule has 0 aliphatic carbocycles. The highest BCUT2D eigenvalue weighted by molar-refractivity contribution is 9.10. The zero-order valence-electron chi connectivity index (χ0n) is 7.30. The van der Waals surface area contributed by atoms with Gasteiger partial charge >= 0.3 is 0 Å². The second-order valence-corrected chi connectivity index (χ2v) is 3.72. The van der Waals surface area contributed by atoms with Gasteiger partial charge in [-0.1, -0.05) is 6.92 Å². The second kappa shape index (κ2) is 3.90. The van der Waals surface area contributed by atoms with Crippen LogP contribution in [-0.4, -0.2) is 4.57 Å². The number of hydrogen-bond acceptors (Lipinski definition) is 1.